The van der Waals surface area contributed by atoms with Crippen LogP contribution in [0, 0.1) is 11.8 Å². The van der Waals surface area contributed by atoms with E-state index >= 15 is 0 Å². The predicted octanol–water partition coefficient (Wildman–Crippen LogP) is 4.67. The van der Waals surface area contributed by atoms with Crippen LogP contribution >= 0.6 is 0 Å². The first kappa shape index (κ1) is 20.1. The molecule has 0 aliphatic carbocycles. The fourth-order valence-corrected chi connectivity index (χ4v) is 4.32. The van der Waals surface area contributed by atoms with Crippen molar-refractivity contribution in [2.75, 3.05) is 19.8 Å². The highest BCUT2D eigenvalue weighted by Gasteiger charge is 2.38. The number of aliphatic hydroxyl groups is 1. The van der Waals surface area contributed by atoms with Gasteiger partial charge in [-0.1, -0.05) is 74.5 Å². The van der Waals surface area contributed by atoms with Crippen LogP contribution in [-0.4, -0.2) is 35.8 Å². The lowest BCUT2D eigenvalue weighted by molar-refractivity contribution is 0.0466. The maximum atomic E-state index is 10.1. The second-order valence-corrected chi connectivity index (χ2v) is 8.09. The highest BCUT2D eigenvalue weighted by Crippen LogP contribution is 2.36. The smallest absolute Gasteiger partial charge is 0.0717 e. The number of likely N-dealkylation sites (tertiary alicyclic amines) is 1. The first-order valence-electron chi connectivity index (χ1n) is 10.2. The number of hydrogen-bond acceptors (Lipinski definition) is 3. The van der Waals surface area contributed by atoms with Crippen molar-refractivity contribution in [3.05, 3.63) is 71.8 Å². The van der Waals surface area contributed by atoms with E-state index in [1.807, 2.05) is 12.1 Å². The second kappa shape index (κ2) is 10.0. The van der Waals surface area contributed by atoms with Gasteiger partial charge in [0.1, 0.15) is 0 Å². The van der Waals surface area contributed by atoms with Crippen LogP contribution < -0.4 is 0 Å². The van der Waals surface area contributed by atoms with E-state index in [2.05, 4.69) is 67.3 Å². The highest BCUT2D eigenvalue weighted by atomic mass is 16.5. The Kier molecular flexibility index (Phi) is 7.45. The summed E-state index contributed by atoms with van der Waals surface area (Å²) >= 11 is 0. The summed E-state index contributed by atoms with van der Waals surface area (Å²) in [5.41, 5.74) is 2.44. The van der Waals surface area contributed by atoms with E-state index in [4.69, 9.17) is 4.74 Å². The molecule has 3 atom stereocenters. The Labute approximate surface area is 164 Å². The van der Waals surface area contributed by atoms with Crippen LogP contribution in [0.4, 0.5) is 0 Å². The number of aliphatic hydroxyl groups excluding tert-OH is 1. The van der Waals surface area contributed by atoms with E-state index in [0.29, 0.717) is 24.5 Å². The molecule has 0 spiro atoms. The zero-order valence-corrected chi connectivity index (χ0v) is 16.6. The molecule has 3 rings (SSSR count). The highest BCUT2D eigenvalue weighted by molar-refractivity contribution is 5.20. The number of ether oxygens (including phenoxy) is 1. The molecule has 0 saturated carbocycles. The number of rotatable bonds is 9. The van der Waals surface area contributed by atoms with Crippen molar-refractivity contribution in [3.63, 3.8) is 0 Å². The fraction of sp³-hybridized carbons (Fsp3) is 0.500. The van der Waals surface area contributed by atoms with E-state index < -0.39 is 0 Å². The molecule has 146 valence electrons. The van der Waals surface area contributed by atoms with Crippen LogP contribution in [0.2, 0.25) is 0 Å². The van der Waals surface area contributed by atoms with Gasteiger partial charge >= 0.3 is 0 Å². The molecule has 0 bridgehead atoms. The normalized spacial score (nSPS) is 21.6. The van der Waals surface area contributed by atoms with Gasteiger partial charge in [-0.25, -0.2) is 0 Å². The van der Waals surface area contributed by atoms with Crippen molar-refractivity contribution in [2.24, 2.45) is 11.8 Å². The molecule has 0 amide bonds. The molecule has 1 aliphatic heterocycles. The summed E-state index contributed by atoms with van der Waals surface area (Å²) in [7, 11) is 0. The Balaban J connectivity index is 1.66. The van der Waals surface area contributed by atoms with Crippen molar-refractivity contribution in [1.29, 1.82) is 0 Å². The lowest BCUT2D eigenvalue weighted by atomic mass is 9.92. The summed E-state index contributed by atoms with van der Waals surface area (Å²) in [6.07, 6.45) is 2.28. The second-order valence-electron chi connectivity index (χ2n) is 8.09. The Bertz CT molecular complexity index is 659. The Morgan fingerprint density at radius 1 is 1.04 bits per heavy atom. The minimum Gasteiger partial charge on any atom is -0.394 e. The van der Waals surface area contributed by atoms with Gasteiger partial charge in [-0.15, -0.1) is 0 Å². The number of hydrogen-bond donors (Lipinski definition) is 1. The van der Waals surface area contributed by atoms with Gasteiger partial charge in [-0.3, -0.25) is 4.90 Å². The third kappa shape index (κ3) is 5.41. The van der Waals surface area contributed by atoms with Crippen molar-refractivity contribution in [2.45, 2.75) is 45.4 Å². The summed E-state index contributed by atoms with van der Waals surface area (Å²) in [5.74, 6) is 1.15. The van der Waals surface area contributed by atoms with Crippen LogP contribution in [-0.2, 0) is 11.3 Å². The first-order valence-corrected chi connectivity index (χ1v) is 10.2. The summed E-state index contributed by atoms with van der Waals surface area (Å²) < 4.78 is 6.09. The third-order valence-electron chi connectivity index (χ3n) is 5.64. The van der Waals surface area contributed by atoms with Gasteiger partial charge in [0, 0.05) is 6.04 Å². The van der Waals surface area contributed by atoms with Gasteiger partial charge in [0.15, 0.2) is 0 Å². The summed E-state index contributed by atoms with van der Waals surface area (Å²) in [6, 6.07) is 21.3. The molecular weight excluding hydrogens is 334 g/mol. The number of nitrogens with zero attached hydrogens (tertiary/aromatic N) is 1. The molecule has 27 heavy (non-hydrogen) atoms. The average Bonchev–Trinajstić information content (AvgIpc) is 3.06. The quantitative estimate of drug-likeness (QED) is 0.699. The van der Waals surface area contributed by atoms with Crippen LogP contribution in [0.5, 0.6) is 0 Å². The average molecular weight is 368 g/mol. The lowest BCUT2D eigenvalue weighted by Gasteiger charge is -2.35. The van der Waals surface area contributed by atoms with Crippen molar-refractivity contribution >= 4 is 0 Å². The maximum absolute atomic E-state index is 10.1. The molecule has 3 heteroatoms. The SMILES string of the molecule is CC(C)C[C@H]1[C@@H](COCc2ccccc2)CCN1[C@@H](CO)c1ccccc1. The summed E-state index contributed by atoms with van der Waals surface area (Å²) in [6.45, 7) is 7.22. The van der Waals surface area contributed by atoms with Crippen molar-refractivity contribution < 1.29 is 9.84 Å². The van der Waals surface area contributed by atoms with Gasteiger partial charge in [-0.2, -0.15) is 0 Å². The summed E-state index contributed by atoms with van der Waals surface area (Å²) in [5, 5.41) is 10.1. The van der Waals surface area contributed by atoms with Crippen LogP contribution in [0.3, 0.4) is 0 Å². The van der Waals surface area contributed by atoms with E-state index in [0.717, 1.165) is 26.0 Å². The van der Waals surface area contributed by atoms with Gasteiger partial charge in [0.2, 0.25) is 0 Å². The minimum absolute atomic E-state index is 0.0778. The molecule has 1 N–H and O–H groups in total. The largest absolute Gasteiger partial charge is 0.394 e. The fourth-order valence-electron chi connectivity index (χ4n) is 4.32. The summed E-state index contributed by atoms with van der Waals surface area (Å²) in [4.78, 5) is 2.52. The van der Waals surface area contributed by atoms with Gasteiger partial charge in [0.05, 0.1) is 25.9 Å². The molecular formula is C24H33NO2. The lowest BCUT2D eigenvalue weighted by Crippen LogP contribution is -2.39. The maximum Gasteiger partial charge on any atom is 0.0717 e. The molecule has 0 radical (unpaired) electrons. The Morgan fingerprint density at radius 3 is 2.33 bits per heavy atom. The van der Waals surface area contributed by atoms with E-state index in [-0.39, 0.29) is 12.6 Å². The molecule has 1 fully saturated rings. The van der Waals surface area contributed by atoms with Gasteiger partial charge in [0.25, 0.3) is 0 Å². The first-order chi connectivity index (χ1) is 13.2. The van der Waals surface area contributed by atoms with E-state index in [1.165, 1.54) is 11.1 Å². The van der Waals surface area contributed by atoms with Crippen molar-refractivity contribution in [3.8, 4) is 0 Å². The molecule has 1 saturated heterocycles. The molecule has 2 aromatic carbocycles. The van der Waals surface area contributed by atoms with Crippen LogP contribution in [0.15, 0.2) is 60.7 Å². The van der Waals surface area contributed by atoms with Gasteiger partial charge in [-0.05, 0) is 42.3 Å². The molecule has 2 aromatic rings. The molecule has 3 nitrogen and oxygen atoms in total. The van der Waals surface area contributed by atoms with E-state index in [1.54, 1.807) is 0 Å². The monoisotopic (exact) mass is 367 g/mol. The molecule has 1 aliphatic rings. The minimum atomic E-state index is 0.0778. The van der Waals surface area contributed by atoms with E-state index in [9.17, 15) is 5.11 Å². The molecule has 0 aromatic heterocycles. The zero-order valence-electron chi connectivity index (χ0n) is 16.6. The Morgan fingerprint density at radius 2 is 1.70 bits per heavy atom. The third-order valence-corrected chi connectivity index (χ3v) is 5.64. The molecule has 0 unspecified atom stereocenters. The topological polar surface area (TPSA) is 32.7 Å². The zero-order chi connectivity index (χ0) is 19.1. The standard InChI is InChI=1S/C24H33NO2/c1-19(2)15-23-22(18-27-17-20-9-5-3-6-10-20)13-14-25(23)24(16-26)21-11-7-4-8-12-21/h3-12,19,22-24,26H,13-18H2,1-2H3/t22-,23+,24+/m1/s1. The van der Waals surface area contributed by atoms with Crippen molar-refractivity contribution in [1.82, 2.24) is 4.90 Å². The van der Waals surface area contributed by atoms with Gasteiger partial charge < -0.3 is 9.84 Å². The van der Waals surface area contributed by atoms with Crippen LogP contribution in [0.1, 0.15) is 43.9 Å². The van der Waals surface area contributed by atoms with Crippen LogP contribution in [0.25, 0.3) is 0 Å². The predicted molar refractivity (Wildman–Crippen MR) is 110 cm³/mol. The Hall–Kier alpha value is -1.68. The number of benzene rings is 2. The molecule has 1 heterocycles.